The minimum atomic E-state index is -0.205. The maximum Gasteiger partial charge on any atom is 0.0701 e. The topological polar surface area (TPSA) is 23.5 Å². The van der Waals surface area contributed by atoms with Gasteiger partial charge in [-0.3, -0.25) is 4.90 Å². The van der Waals surface area contributed by atoms with Crippen LogP contribution >= 0.6 is 27.3 Å². The van der Waals surface area contributed by atoms with Crippen LogP contribution in [0.1, 0.15) is 18.2 Å². The van der Waals surface area contributed by atoms with Crippen LogP contribution in [0, 0.1) is 0 Å². The maximum absolute atomic E-state index is 9.46. The highest BCUT2D eigenvalue weighted by Crippen LogP contribution is 2.22. The van der Waals surface area contributed by atoms with E-state index >= 15 is 0 Å². The normalized spacial score (nSPS) is 13.5. The van der Waals surface area contributed by atoms with Crippen molar-refractivity contribution in [3.05, 3.63) is 20.8 Å². The zero-order valence-electron chi connectivity index (χ0n) is 8.53. The summed E-state index contributed by atoms with van der Waals surface area (Å²) in [6.07, 6.45) is 0.613. The summed E-state index contributed by atoms with van der Waals surface area (Å²) in [5, 5.41) is 9.46. The van der Waals surface area contributed by atoms with Crippen LogP contribution in [0.4, 0.5) is 0 Å². The van der Waals surface area contributed by atoms with E-state index in [1.807, 2.05) is 14.0 Å². The summed E-state index contributed by atoms with van der Waals surface area (Å²) >= 11 is 5.18. The van der Waals surface area contributed by atoms with E-state index in [4.69, 9.17) is 0 Å². The molecule has 0 radical (unpaired) electrons. The first-order chi connectivity index (χ1) is 6.61. The van der Waals surface area contributed by atoms with Crippen molar-refractivity contribution in [3.63, 3.8) is 0 Å². The molecule has 1 aromatic rings. The number of rotatable bonds is 5. The van der Waals surface area contributed by atoms with Crippen molar-refractivity contribution in [2.24, 2.45) is 0 Å². The molecule has 1 N–H and O–H groups in total. The number of likely N-dealkylation sites (N-methyl/N-ethyl adjacent to an activating group) is 1. The van der Waals surface area contributed by atoms with E-state index in [2.05, 4.69) is 33.0 Å². The Balaban J connectivity index is 2.37. The monoisotopic (exact) mass is 277 g/mol. The summed E-state index contributed by atoms with van der Waals surface area (Å²) in [7, 11) is 2.03. The summed E-state index contributed by atoms with van der Waals surface area (Å²) in [5.74, 6) is 0. The lowest BCUT2D eigenvalue weighted by molar-refractivity contribution is 0.120. The summed E-state index contributed by atoms with van der Waals surface area (Å²) in [5.41, 5.74) is 0. The molecule has 0 amide bonds. The molecule has 0 aliphatic carbocycles. The highest BCUT2D eigenvalue weighted by Gasteiger charge is 2.07. The van der Waals surface area contributed by atoms with Gasteiger partial charge in [-0.1, -0.05) is 6.92 Å². The van der Waals surface area contributed by atoms with Gasteiger partial charge in [-0.15, -0.1) is 11.3 Å². The Hall–Kier alpha value is 0.1000. The second kappa shape index (κ2) is 5.85. The lowest BCUT2D eigenvalue weighted by Gasteiger charge is -2.18. The fraction of sp³-hybridized carbons (Fsp3) is 0.600. The Bertz CT molecular complexity index is 277. The fourth-order valence-electron chi connectivity index (χ4n) is 1.26. The van der Waals surface area contributed by atoms with Crippen molar-refractivity contribution in [1.29, 1.82) is 0 Å². The second-order valence-corrected chi connectivity index (χ2v) is 6.01. The zero-order valence-corrected chi connectivity index (χ0v) is 10.9. The molecule has 2 nitrogen and oxygen atoms in total. The molecule has 0 aliphatic rings. The van der Waals surface area contributed by atoms with Crippen LogP contribution in [0.2, 0.25) is 0 Å². The van der Waals surface area contributed by atoms with Crippen molar-refractivity contribution in [2.45, 2.75) is 26.0 Å². The number of hydrogen-bond acceptors (Lipinski definition) is 3. The SMILES string of the molecule is CCC(O)CN(C)Cc1ccc(Br)s1. The molecule has 4 heteroatoms. The third-order valence-electron chi connectivity index (χ3n) is 2.05. The van der Waals surface area contributed by atoms with Crippen LogP contribution in [0.5, 0.6) is 0 Å². The highest BCUT2D eigenvalue weighted by molar-refractivity contribution is 9.11. The molecule has 1 aromatic heterocycles. The van der Waals surface area contributed by atoms with E-state index in [1.54, 1.807) is 11.3 Å². The Labute approximate surface area is 97.7 Å². The van der Waals surface area contributed by atoms with Crippen LogP contribution < -0.4 is 0 Å². The van der Waals surface area contributed by atoms with E-state index in [1.165, 1.54) is 4.88 Å². The Morgan fingerprint density at radius 2 is 2.29 bits per heavy atom. The number of thiophene rings is 1. The van der Waals surface area contributed by atoms with Gasteiger partial charge < -0.3 is 5.11 Å². The molecule has 1 unspecified atom stereocenters. The van der Waals surface area contributed by atoms with E-state index < -0.39 is 0 Å². The Morgan fingerprint density at radius 1 is 1.57 bits per heavy atom. The number of halogens is 1. The standard InChI is InChI=1S/C10H16BrNOS/c1-3-8(13)6-12(2)7-9-4-5-10(11)14-9/h4-5,8,13H,3,6-7H2,1-2H3. The number of aliphatic hydroxyl groups is 1. The number of hydrogen-bond donors (Lipinski definition) is 1. The van der Waals surface area contributed by atoms with Gasteiger partial charge in [0.15, 0.2) is 0 Å². The molecule has 80 valence electrons. The van der Waals surface area contributed by atoms with Crippen LogP contribution in [-0.2, 0) is 6.54 Å². The van der Waals surface area contributed by atoms with Gasteiger partial charge in [-0.05, 0) is 41.5 Å². The summed E-state index contributed by atoms with van der Waals surface area (Å²) in [4.78, 5) is 3.47. The molecule has 1 atom stereocenters. The summed E-state index contributed by atoms with van der Waals surface area (Å²) in [6.45, 7) is 3.65. The minimum Gasteiger partial charge on any atom is -0.392 e. The van der Waals surface area contributed by atoms with Gasteiger partial charge in [-0.2, -0.15) is 0 Å². The van der Waals surface area contributed by atoms with Gasteiger partial charge in [0.05, 0.1) is 9.89 Å². The number of aliphatic hydroxyl groups excluding tert-OH is 1. The predicted octanol–water partition coefficient (Wildman–Crippen LogP) is 2.71. The zero-order chi connectivity index (χ0) is 10.6. The quantitative estimate of drug-likeness (QED) is 0.895. The van der Waals surface area contributed by atoms with Gasteiger partial charge in [-0.25, -0.2) is 0 Å². The average Bonchev–Trinajstić information content (AvgIpc) is 2.50. The van der Waals surface area contributed by atoms with E-state index in [-0.39, 0.29) is 6.10 Å². The van der Waals surface area contributed by atoms with E-state index in [9.17, 15) is 5.11 Å². The van der Waals surface area contributed by atoms with Crippen molar-refractivity contribution in [2.75, 3.05) is 13.6 Å². The van der Waals surface area contributed by atoms with Crippen molar-refractivity contribution in [3.8, 4) is 0 Å². The lowest BCUT2D eigenvalue weighted by Crippen LogP contribution is -2.27. The molecule has 0 aliphatic heterocycles. The van der Waals surface area contributed by atoms with Gasteiger partial charge >= 0.3 is 0 Å². The third kappa shape index (κ3) is 4.09. The van der Waals surface area contributed by atoms with Gasteiger partial charge in [0.2, 0.25) is 0 Å². The molecule has 1 heterocycles. The second-order valence-electron chi connectivity index (χ2n) is 3.46. The fourth-order valence-corrected chi connectivity index (χ4v) is 2.82. The average molecular weight is 278 g/mol. The third-order valence-corrected chi connectivity index (χ3v) is 3.66. The Morgan fingerprint density at radius 3 is 2.79 bits per heavy atom. The summed E-state index contributed by atoms with van der Waals surface area (Å²) in [6, 6.07) is 4.17. The molecular formula is C10H16BrNOS. The van der Waals surface area contributed by atoms with E-state index in [0.29, 0.717) is 0 Å². The smallest absolute Gasteiger partial charge is 0.0701 e. The highest BCUT2D eigenvalue weighted by atomic mass is 79.9. The van der Waals surface area contributed by atoms with Crippen molar-refractivity contribution >= 4 is 27.3 Å². The van der Waals surface area contributed by atoms with Gasteiger partial charge in [0.25, 0.3) is 0 Å². The number of nitrogens with zero attached hydrogens (tertiary/aromatic N) is 1. The molecular weight excluding hydrogens is 262 g/mol. The first-order valence-corrected chi connectivity index (χ1v) is 6.33. The summed E-state index contributed by atoms with van der Waals surface area (Å²) < 4.78 is 1.16. The van der Waals surface area contributed by atoms with Crippen LogP contribution in [0.3, 0.4) is 0 Å². The first kappa shape index (κ1) is 12.2. The van der Waals surface area contributed by atoms with Crippen LogP contribution in [0.15, 0.2) is 15.9 Å². The molecule has 0 saturated heterocycles. The lowest BCUT2D eigenvalue weighted by atomic mass is 10.2. The van der Waals surface area contributed by atoms with E-state index in [0.717, 1.165) is 23.3 Å². The largest absolute Gasteiger partial charge is 0.392 e. The van der Waals surface area contributed by atoms with Crippen molar-refractivity contribution in [1.82, 2.24) is 4.90 Å². The van der Waals surface area contributed by atoms with Crippen LogP contribution in [0.25, 0.3) is 0 Å². The Kier molecular flexibility index (Phi) is 5.09. The molecule has 0 aromatic carbocycles. The van der Waals surface area contributed by atoms with Gasteiger partial charge in [0, 0.05) is 18.0 Å². The molecule has 0 bridgehead atoms. The van der Waals surface area contributed by atoms with Gasteiger partial charge in [0.1, 0.15) is 0 Å². The maximum atomic E-state index is 9.46. The molecule has 0 fully saturated rings. The molecule has 1 rings (SSSR count). The molecule has 0 saturated carbocycles. The molecule has 0 spiro atoms. The molecule has 14 heavy (non-hydrogen) atoms. The minimum absolute atomic E-state index is 0.205. The first-order valence-electron chi connectivity index (χ1n) is 4.72. The predicted molar refractivity (Wildman–Crippen MR) is 64.7 cm³/mol. The van der Waals surface area contributed by atoms with Crippen molar-refractivity contribution < 1.29 is 5.11 Å². The van der Waals surface area contributed by atoms with Crippen LogP contribution in [-0.4, -0.2) is 29.7 Å².